The molecule has 17 heavy (non-hydrogen) atoms. The average Bonchev–Trinajstić information content (AvgIpc) is 2.97. The van der Waals surface area contributed by atoms with Crippen LogP contribution in [0.25, 0.3) is 0 Å². The molecule has 0 spiro atoms. The first-order valence-corrected chi connectivity index (χ1v) is 6.25. The number of aromatic nitrogens is 2. The number of hydrogen-bond donors (Lipinski definition) is 2. The molecule has 2 atom stereocenters. The number of nitrogens with zero attached hydrogens (tertiary/aromatic N) is 1. The Kier molecular flexibility index (Phi) is 3.96. The quantitative estimate of drug-likeness (QED) is 0.767. The third-order valence-corrected chi connectivity index (χ3v) is 3.15. The van der Waals surface area contributed by atoms with Crippen molar-refractivity contribution in [1.29, 1.82) is 0 Å². The van der Waals surface area contributed by atoms with Crippen LogP contribution >= 0.6 is 0 Å². The summed E-state index contributed by atoms with van der Waals surface area (Å²) in [4.78, 5) is 19.1. The number of carbonyl (C=O) groups is 1. The van der Waals surface area contributed by atoms with Crippen LogP contribution in [0.5, 0.6) is 0 Å². The van der Waals surface area contributed by atoms with Crippen molar-refractivity contribution in [3.05, 3.63) is 30.4 Å². The van der Waals surface area contributed by atoms with Crippen LogP contribution in [0.15, 0.2) is 24.5 Å². The Bertz CT molecular complexity index is 383. The SMILES string of the molecule is CCC(NC(=O)CC1C=CCC1)c1ncc[nH]1. The van der Waals surface area contributed by atoms with Gasteiger partial charge in [0.2, 0.25) is 5.91 Å². The molecule has 2 N–H and O–H groups in total. The average molecular weight is 233 g/mol. The summed E-state index contributed by atoms with van der Waals surface area (Å²) in [5, 5.41) is 3.03. The lowest BCUT2D eigenvalue weighted by molar-refractivity contribution is -0.122. The van der Waals surface area contributed by atoms with Gasteiger partial charge in [0, 0.05) is 18.8 Å². The van der Waals surface area contributed by atoms with Gasteiger partial charge in [0.25, 0.3) is 0 Å². The molecule has 0 radical (unpaired) electrons. The van der Waals surface area contributed by atoms with Gasteiger partial charge in [0.1, 0.15) is 5.82 Å². The van der Waals surface area contributed by atoms with Gasteiger partial charge in [-0.1, -0.05) is 19.1 Å². The highest BCUT2D eigenvalue weighted by Crippen LogP contribution is 2.21. The van der Waals surface area contributed by atoms with Gasteiger partial charge in [-0.3, -0.25) is 4.79 Å². The molecule has 1 heterocycles. The minimum absolute atomic E-state index is 0.00267. The number of allylic oxidation sites excluding steroid dienone is 2. The molecule has 92 valence electrons. The molecule has 4 heteroatoms. The van der Waals surface area contributed by atoms with Crippen molar-refractivity contribution in [3.63, 3.8) is 0 Å². The Labute approximate surface area is 102 Å². The van der Waals surface area contributed by atoms with E-state index in [1.165, 1.54) is 0 Å². The summed E-state index contributed by atoms with van der Waals surface area (Å²) in [6.45, 7) is 2.04. The Balaban J connectivity index is 1.86. The van der Waals surface area contributed by atoms with E-state index in [4.69, 9.17) is 0 Å². The van der Waals surface area contributed by atoms with E-state index in [-0.39, 0.29) is 11.9 Å². The van der Waals surface area contributed by atoms with E-state index in [9.17, 15) is 4.79 Å². The number of nitrogens with one attached hydrogen (secondary N) is 2. The van der Waals surface area contributed by atoms with E-state index < -0.39 is 0 Å². The lowest BCUT2D eigenvalue weighted by Crippen LogP contribution is -2.29. The van der Waals surface area contributed by atoms with Crippen LogP contribution in [0.4, 0.5) is 0 Å². The lowest BCUT2D eigenvalue weighted by Gasteiger charge is -2.16. The minimum atomic E-state index is 0.00267. The molecule has 2 rings (SSSR count). The van der Waals surface area contributed by atoms with Crippen LogP contribution in [0.3, 0.4) is 0 Å². The monoisotopic (exact) mass is 233 g/mol. The highest BCUT2D eigenvalue weighted by atomic mass is 16.1. The molecule has 1 amide bonds. The van der Waals surface area contributed by atoms with Crippen molar-refractivity contribution in [2.75, 3.05) is 0 Å². The van der Waals surface area contributed by atoms with Crippen LogP contribution in [0.2, 0.25) is 0 Å². The van der Waals surface area contributed by atoms with Crippen LogP contribution in [0.1, 0.15) is 44.5 Å². The maximum Gasteiger partial charge on any atom is 0.221 e. The molecule has 0 saturated heterocycles. The first-order valence-electron chi connectivity index (χ1n) is 6.25. The summed E-state index contributed by atoms with van der Waals surface area (Å²) >= 11 is 0. The van der Waals surface area contributed by atoms with E-state index in [1.807, 2.05) is 6.92 Å². The fourth-order valence-corrected chi connectivity index (χ4v) is 2.19. The third-order valence-electron chi connectivity index (χ3n) is 3.15. The summed E-state index contributed by atoms with van der Waals surface area (Å²) in [5.41, 5.74) is 0. The molecule has 0 bridgehead atoms. The second-order valence-electron chi connectivity index (χ2n) is 4.47. The maximum atomic E-state index is 11.9. The van der Waals surface area contributed by atoms with Crippen molar-refractivity contribution in [2.24, 2.45) is 5.92 Å². The van der Waals surface area contributed by atoms with Gasteiger partial charge in [-0.05, 0) is 25.2 Å². The first kappa shape index (κ1) is 11.9. The Morgan fingerprint density at radius 3 is 3.18 bits per heavy atom. The van der Waals surface area contributed by atoms with Crippen LogP contribution in [-0.4, -0.2) is 15.9 Å². The number of carbonyl (C=O) groups excluding carboxylic acids is 1. The standard InChI is InChI=1S/C13H19N3O/c1-2-11(13-14-7-8-15-13)16-12(17)9-10-5-3-4-6-10/h3,5,7-8,10-11H,2,4,6,9H2,1H3,(H,14,15)(H,16,17). The summed E-state index contributed by atoms with van der Waals surface area (Å²) in [7, 11) is 0. The van der Waals surface area contributed by atoms with Gasteiger partial charge in [-0.25, -0.2) is 4.98 Å². The van der Waals surface area contributed by atoms with Gasteiger partial charge in [0.15, 0.2) is 0 Å². The highest BCUT2D eigenvalue weighted by molar-refractivity contribution is 5.76. The number of imidazole rings is 1. The molecular formula is C13H19N3O. The first-order chi connectivity index (χ1) is 8.29. The van der Waals surface area contributed by atoms with Crippen LogP contribution in [-0.2, 0) is 4.79 Å². The van der Waals surface area contributed by atoms with E-state index in [0.29, 0.717) is 12.3 Å². The zero-order valence-electron chi connectivity index (χ0n) is 10.1. The zero-order valence-corrected chi connectivity index (χ0v) is 10.1. The number of aromatic amines is 1. The Morgan fingerprint density at radius 1 is 1.71 bits per heavy atom. The van der Waals surface area contributed by atoms with Crippen molar-refractivity contribution < 1.29 is 4.79 Å². The van der Waals surface area contributed by atoms with Gasteiger partial charge in [-0.15, -0.1) is 0 Å². The molecule has 0 aliphatic heterocycles. The summed E-state index contributed by atoms with van der Waals surface area (Å²) in [5.74, 6) is 1.37. The molecule has 1 aromatic rings. The molecule has 1 aromatic heterocycles. The Hall–Kier alpha value is -1.58. The van der Waals surface area contributed by atoms with Crippen molar-refractivity contribution in [3.8, 4) is 0 Å². The highest BCUT2D eigenvalue weighted by Gasteiger charge is 2.18. The van der Waals surface area contributed by atoms with Crippen molar-refractivity contribution >= 4 is 5.91 Å². The van der Waals surface area contributed by atoms with E-state index in [2.05, 4.69) is 27.4 Å². The minimum Gasteiger partial charge on any atom is -0.347 e. The number of hydrogen-bond acceptors (Lipinski definition) is 2. The molecule has 0 fully saturated rings. The van der Waals surface area contributed by atoms with Crippen LogP contribution in [0, 0.1) is 5.92 Å². The summed E-state index contributed by atoms with van der Waals surface area (Å²) in [6, 6.07) is 0.00267. The van der Waals surface area contributed by atoms with Crippen molar-refractivity contribution in [1.82, 2.24) is 15.3 Å². The second kappa shape index (κ2) is 5.66. The molecule has 1 aliphatic rings. The second-order valence-corrected chi connectivity index (χ2v) is 4.47. The van der Waals surface area contributed by atoms with Crippen LogP contribution < -0.4 is 5.32 Å². The smallest absolute Gasteiger partial charge is 0.221 e. The van der Waals surface area contributed by atoms with Gasteiger partial charge in [0.05, 0.1) is 6.04 Å². The number of rotatable bonds is 5. The summed E-state index contributed by atoms with van der Waals surface area (Å²) < 4.78 is 0. The number of amides is 1. The normalized spacial score (nSPS) is 20.4. The molecule has 0 aromatic carbocycles. The predicted molar refractivity (Wildman–Crippen MR) is 66.2 cm³/mol. The van der Waals surface area contributed by atoms with E-state index >= 15 is 0 Å². The fourth-order valence-electron chi connectivity index (χ4n) is 2.19. The lowest BCUT2D eigenvalue weighted by atomic mass is 10.0. The fraction of sp³-hybridized carbons (Fsp3) is 0.538. The predicted octanol–water partition coefficient (Wildman–Crippen LogP) is 2.33. The van der Waals surface area contributed by atoms with Gasteiger partial charge < -0.3 is 10.3 Å². The molecule has 0 saturated carbocycles. The molecule has 4 nitrogen and oxygen atoms in total. The van der Waals surface area contributed by atoms with Gasteiger partial charge >= 0.3 is 0 Å². The molecule has 2 unspecified atom stereocenters. The van der Waals surface area contributed by atoms with E-state index in [1.54, 1.807) is 12.4 Å². The van der Waals surface area contributed by atoms with Crippen molar-refractivity contribution in [2.45, 2.75) is 38.6 Å². The largest absolute Gasteiger partial charge is 0.347 e. The molecule has 1 aliphatic carbocycles. The maximum absolute atomic E-state index is 11.9. The third kappa shape index (κ3) is 3.19. The zero-order chi connectivity index (χ0) is 12.1. The summed E-state index contributed by atoms with van der Waals surface area (Å²) in [6.07, 6.45) is 11.4. The van der Waals surface area contributed by atoms with E-state index in [0.717, 1.165) is 25.1 Å². The topological polar surface area (TPSA) is 57.8 Å². The number of H-pyrrole nitrogens is 1. The van der Waals surface area contributed by atoms with Gasteiger partial charge in [-0.2, -0.15) is 0 Å². The Morgan fingerprint density at radius 2 is 2.59 bits per heavy atom. The molecular weight excluding hydrogens is 214 g/mol.